The molecule has 0 aliphatic rings. The number of aromatic carboxylic acids is 1. The Morgan fingerprint density at radius 2 is 2.17 bits per heavy atom. The van der Waals surface area contributed by atoms with E-state index in [1.165, 1.54) is 17.8 Å². The van der Waals surface area contributed by atoms with Crippen molar-refractivity contribution in [2.24, 2.45) is 0 Å². The summed E-state index contributed by atoms with van der Waals surface area (Å²) in [6.07, 6.45) is 1.18. The fourth-order valence-electron chi connectivity index (χ4n) is 1.78. The van der Waals surface area contributed by atoms with Crippen molar-refractivity contribution in [3.8, 4) is 0 Å². The second-order valence-electron chi connectivity index (χ2n) is 4.18. The molecule has 1 heterocycles. The molecule has 0 bridgehead atoms. The van der Waals surface area contributed by atoms with Crippen LogP contribution in [0.25, 0.3) is 0 Å². The summed E-state index contributed by atoms with van der Waals surface area (Å²) < 4.78 is 0. The van der Waals surface area contributed by atoms with Crippen molar-refractivity contribution in [3.05, 3.63) is 21.9 Å². The molecule has 0 spiro atoms. The quantitative estimate of drug-likeness (QED) is 0.676. The standard InChI is InChI=1S/C13H22N2O2S/c1-3-8-15(4-2)9-7-14-10-11-5-6-12(18-11)13(16)17/h5-6,14H,3-4,7-10H2,1-2H3,(H,16,17). The Morgan fingerprint density at radius 1 is 1.39 bits per heavy atom. The number of carboxylic acid groups (broad SMARTS) is 1. The minimum atomic E-state index is -0.841. The Kier molecular flexibility index (Phi) is 6.93. The highest BCUT2D eigenvalue weighted by Crippen LogP contribution is 2.15. The molecule has 0 unspecified atom stereocenters. The van der Waals surface area contributed by atoms with Crippen LogP contribution in [0.2, 0.25) is 0 Å². The molecule has 0 amide bonds. The van der Waals surface area contributed by atoms with Crippen molar-refractivity contribution in [1.29, 1.82) is 0 Å². The number of likely N-dealkylation sites (N-methyl/N-ethyl adjacent to an activating group) is 1. The SMILES string of the molecule is CCCN(CC)CCNCc1ccc(C(=O)O)s1. The molecule has 18 heavy (non-hydrogen) atoms. The van der Waals surface area contributed by atoms with Gasteiger partial charge in [0.2, 0.25) is 0 Å². The van der Waals surface area contributed by atoms with Crippen LogP contribution >= 0.6 is 11.3 Å². The normalized spacial score (nSPS) is 11.1. The Morgan fingerprint density at radius 3 is 2.72 bits per heavy atom. The molecule has 1 rings (SSSR count). The highest BCUT2D eigenvalue weighted by atomic mass is 32.1. The molecule has 2 N–H and O–H groups in total. The van der Waals surface area contributed by atoms with Crippen molar-refractivity contribution >= 4 is 17.3 Å². The highest BCUT2D eigenvalue weighted by molar-refractivity contribution is 7.13. The predicted octanol–water partition coefficient (Wildman–Crippen LogP) is 2.27. The summed E-state index contributed by atoms with van der Waals surface area (Å²) in [5, 5.41) is 12.2. The van der Waals surface area contributed by atoms with Crippen molar-refractivity contribution < 1.29 is 9.90 Å². The molecular weight excluding hydrogens is 248 g/mol. The van der Waals surface area contributed by atoms with E-state index in [1.54, 1.807) is 6.07 Å². The first kappa shape index (κ1) is 15.1. The average Bonchev–Trinajstić information content (AvgIpc) is 2.82. The van der Waals surface area contributed by atoms with Crippen LogP contribution in [-0.4, -0.2) is 42.2 Å². The summed E-state index contributed by atoms with van der Waals surface area (Å²) in [6, 6.07) is 3.55. The monoisotopic (exact) mass is 270 g/mol. The van der Waals surface area contributed by atoms with Crippen LogP contribution in [0, 0.1) is 0 Å². The van der Waals surface area contributed by atoms with Crippen LogP contribution < -0.4 is 5.32 Å². The van der Waals surface area contributed by atoms with E-state index in [0.29, 0.717) is 4.88 Å². The Balaban J connectivity index is 2.22. The number of nitrogens with zero attached hydrogens (tertiary/aromatic N) is 1. The first-order valence-electron chi connectivity index (χ1n) is 6.42. The highest BCUT2D eigenvalue weighted by Gasteiger charge is 2.06. The van der Waals surface area contributed by atoms with Crippen LogP contribution in [0.3, 0.4) is 0 Å². The van der Waals surface area contributed by atoms with Crippen LogP contribution in [0.4, 0.5) is 0 Å². The van der Waals surface area contributed by atoms with Crippen molar-refractivity contribution in [2.75, 3.05) is 26.2 Å². The van der Waals surface area contributed by atoms with Crippen molar-refractivity contribution in [3.63, 3.8) is 0 Å². The molecule has 0 aliphatic heterocycles. The lowest BCUT2D eigenvalue weighted by molar-refractivity contribution is 0.0702. The predicted molar refractivity (Wildman–Crippen MR) is 75.4 cm³/mol. The number of thiophene rings is 1. The van der Waals surface area contributed by atoms with Gasteiger partial charge in [0.15, 0.2) is 0 Å². The van der Waals surface area contributed by atoms with E-state index in [2.05, 4.69) is 24.1 Å². The minimum Gasteiger partial charge on any atom is -0.477 e. The van der Waals surface area contributed by atoms with E-state index in [-0.39, 0.29) is 0 Å². The van der Waals surface area contributed by atoms with Crippen LogP contribution in [0.5, 0.6) is 0 Å². The van der Waals surface area contributed by atoms with Gasteiger partial charge in [-0.25, -0.2) is 4.79 Å². The number of rotatable bonds is 9. The number of hydrogen-bond donors (Lipinski definition) is 2. The van der Waals surface area contributed by atoms with Gasteiger partial charge in [-0.05, 0) is 31.6 Å². The maximum Gasteiger partial charge on any atom is 0.345 e. The van der Waals surface area contributed by atoms with Crippen LogP contribution in [0.15, 0.2) is 12.1 Å². The zero-order valence-electron chi connectivity index (χ0n) is 11.1. The number of nitrogens with one attached hydrogen (secondary N) is 1. The van der Waals surface area contributed by atoms with Crippen LogP contribution in [0.1, 0.15) is 34.8 Å². The van der Waals surface area contributed by atoms with E-state index >= 15 is 0 Å². The molecule has 0 radical (unpaired) electrons. The molecule has 1 aromatic heterocycles. The maximum absolute atomic E-state index is 10.7. The Hall–Kier alpha value is -0.910. The molecule has 0 fully saturated rings. The van der Waals surface area contributed by atoms with Gasteiger partial charge in [0.1, 0.15) is 4.88 Å². The first-order valence-corrected chi connectivity index (χ1v) is 7.24. The second kappa shape index (κ2) is 8.24. The molecule has 0 atom stereocenters. The van der Waals surface area contributed by atoms with Gasteiger partial charge in [-0.15, -0.1) is 11.3 Å². The number of hydrogen-bond acceptors (Lipinski definition) is 4. The summed E-state index contributed by atoms with van der Waals surface area (Å²) in [4.78, 5) is 14.6. The van der Waals surface area contributed by atoms with Crippen molar-refractivity contribution in [2.45, 2.75) is 26.8 Å². The third-order valence-electron chi connectivity index (χ3n) is 2.76. The molecule has 0 aromatic carbocycles. The third kappa shape index (κ3) is 5.16. The zero-order chi connectivity index (χ0) is 13.4. The summed E-state index contributed by atoms with van der Waals surface area (Å²) in [5.74, 6) is -0.841. The minimum absolute atomic E-state index is 0.410. The molecule has 0 aliphatic carbocycles. The Bertz CT molecular complexity index is 366. The molecule has 1 aromatic rings. The van der Waals surface area contributed by atoms with Crippen LogP contribution in [-0.2, 0) is 6.54 Å². The molecule has 102 valence electrons. The lowest BCUT2D eigenvalue weighted by Crippen LogP contribution is -2.32. The average molecular weight is 270 g/mol. The zero-order valence-corrected chi connectivity index (χ0v) is 11.9. The van der Waals surface area contributed by atoms with Gasteiger partial charge in [-0.3, -0.25) is 0 Å². The van der Waals surface area contributed by atoms with E-state index in [0.717, 1.165) is 37.6 Å². The largest absolute Gasteiger partial charge is 0.477 e. The summed E-state index contributed by atoms with van der Waals surface area (Å²) >= 11 is 1.34. The van der Waals surface area contributed by atoms with Gasteiger partial charge in [0, 0.05) is 24.5 Å². The lowest BCUT2D eigenvalue weighted by Gasteiger charge is -2.19. The van der Waals surface area contributed by atoms with E-state index in [4.69, 9.17) is 5.11 Å². The van der Waals surface area contributed by atoms with Gasteiger partial charge in [0.05, 0.1) is 0 Å². The van der Waals surface area contributed by atoms with Gasteiger partial charge < -0.3 is 15.3 Å². The van der Waals surface area contributed by atoms with Gasteiger partial charge in [-0.1, -0.05) is 13.8 Å². The first-order chi connectivity index (χ1) is 8.67. The van der Waals surface area contributed by atoms with Gasteiger partial charge in [0.25, 0.3) is 0 Å². The smallest absolute Gasteiger partial charge is 0.345 e. The van der Waals surface area contributed by atoms with E-state index in [9.17, 15) is 4.79 Å². The topological polar surface area (TPSA) is 52.6 Å². The second-order valence-corrected chi connectivity index (χ2v) is 5.35. The third-order valence-corrected chi connectivity index (χ3v) is 3.84. The molecule has 0 saturated carbocycles. The fraction of sp³-hybridized carbons (Fsp3) is 0.615. The van der Waals surface area contributed by atoms with E-state index < -0.39 is 5.97 Å². The summed E-state index contributed by atoms with van der Waals surface area (Å²) in [7, 11) is 0. The lowest BCUT2D eigenvalue weighted by atomic mass is 10.4. The molecule has 4 nitrogen and oxygen atoms in total. The van der Waals surface area contributed by atoms with E-state index in [1.807, 2.05) is 6.07 Å². The summed E-state index contributed by atoms with van der Waals surface area (Å²) in [5.41, 5.74) is 0. The number of carbonyl (C=O) groups is 1. The Labute approximate surface area is 113 Å². The molecule has 0 saturated heterocycles. The molecule has 5 heteroatoms. The van der Waals surface area contributed by atoms with Gasteiger partial charge in [-0.2, -0.15) is 0 Å². The maximum atomic E-state index is 10.7. The van der Waals surface area contributed by atoms with Gasteiger partial charge >= 0.3 is 5.97 Å². The fourth-order valence-corrected chi connectivity index (χ4v) is 2.60. The van der Waals surface area contributed by atoms with Crippen molar-refractivity contribution in [1.82, 2.24) is 10.2 Å². The summed E-state index contributed by atoms with van der Waals surface area (Å²) in [6.45, 7) is 9.32. The number of carboxylic acids is 1. The molecular formula is C13H22N2O2S.